The Balaban J connectivity index is 0.000000485. The van der Waals surface area contributed by atoms with Gasteiger partial charge < -0.3 is 30.2 Å². The van der Waals surface area contributed by atoms with Crippen molar-refractivity contribution in [1.82, 2.24) is 20.4 Å². The van der Waals surface area contributed by atoms with Gasteiger partial charge in [0.15, 0.2) is 0 Å². The largest absolute Gasteiger partial charge is 0.481 e. The van der Waals surface area contributed by atoms with E-state index in [1.807, 2.05) is 7.05 Å². The number of nitrogens with one attached hydrogen (secondary N) is 2. The van der Waals surface area contributed by atoms with Gasteiger partial charge in [-0.15, -0.1) is 5.10 Å². The molecule has 1 aromatic rings. The predicted molar refractivity (Wildman–Crippen MR) is 113 cm³/mol. The maximum Gasteiger partial charge on any atom is 0.315 e. The van der Waals surface area contributed by atoms with Crippen LogP contribution in [-0.4, -0.2) is 70.0 Å². The molecule has 2 heterocycles. The summed E-state index contributed by atoms with van der Waals surface area (Å²) in [6, 6.07) is 1.44. The van der Waals surface area contributed by atoms with Gasteiger partial charge in [-0.1, -0.05) is 17.9 Å². The van der Waals surface area contributed by atoms with Gasteiger partial charge in [-0.25, -0.2) is 0 Å². The number of rotatable bonds is 7. The number of likely N-dealkylation sites (tertiary alicyclic amines) is 1. The number of hydrogen-bond acceptors (Lipinski definition) is 8. The minimum absolute atomic E-state index is 0.550. The van der Waals surface area contributed by atoms with E-state index in [4.69, 9.17) is 24.2 Å². The van der Waals surface area contributed by atoms with E-state index in [9.17, 15) is 0 Å². The molecule has 0 radical (unpaired) electrons. The van der Waals surface area contributed by atoms with Crippen molar-refractivity contribution in [1.29, 1.82) is 0 Å². The molecular formula is C20H37N5O5. The van der Waals surface area contributed by atoms with Crippen molar-refractivity contribution in [2.45, 2.75) is 71.4 Å². The molecule has 3 rings (SSSR count). The van der Waals surface area contributed by atoms with Crippen molar-refractivity contribution >= 4 is 18.0 Å². The second-order valence-electron chi connectivity index (χ2n) is 7.70. The third-order valence-electron chi connectivity index (χ3n) is 5.11. The molecule has 0 bridgehead atoms. The SMILES string of the molecule is CC(=O)O.CC(=O)O.CNCc1nnc(NCCC2CCN(C3CCCC3)CC2)o1. The number of nitrogens with zero attached hydrogens (tertiary/aromatic N) is 3. The van der Waals surface area contributed by atoms with Crippen molar-refractivity contribution in [3.8, 4) is 0 Å². The average molecular weight is 428 g/mol. The number of carboxylic acids is 2. The molecule has 2 fully saturated rings. The van der Waals surface area contributed by atoms with Crippen LogP contribution >= 0.6 is 0 Å². The van der Waals surface area contributed by atoms with Gasteiger partial charge in [-0.3, -0.25) is 9.59 Å². The van der Waals surface area contributed by atoms with Crippen LogP contribution < -0.4 is 10.6 Å². The van der Waals surface area contributed by atoms with Gasteiger partial charge in [0.25, 0.3) is 11.9 Å². The van der Waals surface area contributed by atoms with Gasteiger partial charge in [0.2, 0.25) is 5.89 Å². The van der Waals surface area contributed by atoms with Crippen molar-refractivity contribution in [3.05, 3.63) is 5.89 Å². The van der Waals surface area contributed by atoms with E-state index in [0.29, 0.717) is 18.5 Å². The molecule has 0 amide bonds. The molecule has 2 aliphatic rings. The fraction of sp³-hybridized carbons (Fsp3) is 0.800. The van der Waals surface area contributed by atoms with E-state index in [0.717, 1.165) is 32.4 Å². The van der Waals surface area contributed by atoms with Crippen LogP contribution in [0.1, 0.15) is 64.7 Å². The Bertz CT molecular complexity index is 590. The number of aliphatic carboxylic acids is 2. The number of piperidine rings is 1. The summed E-state index contributed by atoms with van der Waals surface area (Å²) in [6.45, 7) is 6.30. The lowest BCUT2D eigenvalue weighted by atomic mass is 9.92. The highest BCUT2D eigenvalue weighted by atomic mass is 16.4. The molecule has 1 aromatic heterocycles. The van der Waals surface area contributed by atoms with Gasteiger partial charge in [-0.05, 0) is 58.2 Å². The molecule has 0 atom stereocenters. The van der Waals surface area contributed by atoms with Crippen LogP contribution in [0.3, 0.4) is 0 Å². The van der Waals surface area contributed by atoms with Crippen LogP contribution in [-0.2, 0) is 16.1 Å². The zero-order valence-corrected chi connectivity index (χ0v) is 18.4. The summed E-state index contributed by atoms with van der Waals surface area (Å²) >= 11 is 0. The van der Waals surface area contributed by atoms with Crippen LogP contribution in [0.2, 0.25) is 0 Å². The Morgan fingerprint density at radius 2 is 1.63 bits per heavy atom. The van der Waals surface area contributed by atoms with E-state index in [1.165, 1.54) is 58.0 Å². The summed E-state index contributed by atoms with van der Waals surface area (Å²) in [5.74, 6) is -0.195. The van der Waals surface area contributed by atoms with Crippen LogP contribution in [0.5, 0.6) is 0 Å². The summed E-state index contributed by atoms with van der Waals surface area (Å²) in [4.78, 5) is 20.7. The molecule has 1 saturated carbocycles. The minimum Gasteiger partial charge on any atom is -0.481 e. The zero-order valence-electron chi connectivity index (χ0n) is 18.4. The number of carboxylic acid groups (broad SMARTS) is 2. The van der Waals surface area contributed by atoms with Crippen molar-refractivity contribution in [2.24, 2.45) is 5.92 Å². The number of hydrogen-bond donors (Lipinski definition) is 4. The predicted octanol–water partition coefficient (Wildman–Crippen LogP) is 2.43. The van der Waals surface area contributed by atoms with E-state index < -0.39 is 11.9 Å². The lowest BCUT2D eigenvalue weighted by molar-refractivity contribution is -0.135. The molecule has 10 heteroatoms. The van der Waals surface area contributed by atoms with Gasteiger partial charge in [0.1, 0.15) is 0 Å². The summed E-state index contributed by atoms with van der Waals surface area (Å²) in [7, 11) is 1.87. The van der Waals surface area contributed by atoms with Crippen LogP contribution in [0, 0.1) is 5.92 Å². The van der Waals surface area contributed by atoms with Gasteiger partial charge in [-0.2, -0.15) is 0 Å². The van der Waals surface area contributed by atoms with Crippen LogP contribution in [0.4, 0.5) is 6.01 Å². The molecule has 1 aliphatic heterocycles. The molecular weight excluding hydrogens is 390 g/mol. The topological polar surface area (TPSA) is 141 Å². The second-order valence-corrected chi connectivity index (χ2v) is 7.70. The first-order valence-corrected chi connectivity index (χ1v) is 10.7. The van der Waals surface area contributed by atoms with E-state index in [1.54, 1.807) is 0 Å². The smallest absolute Gasteiger partial charge is 0.315 e. The molecule has 0 aromatic carbocycles. The summed E-state index contributed by atoms with van der Waals surface area (Å²) in [5.41, 5.74) is 0. The molecule has 4 N–H and O–H groups in total. The maximum atomic E-state index is 9.00. The van der Waals surface area contributed by atoms with Crippen LogP contribution in [0.15, 0.2) is 4.42 Å². The van der Waals surface area contributed by atoms with Crippen molar-refractivity contribution in [2.75, 3.05) is 32.0 Å². The molecule has 172 valence electrons. The lowest BCUT2D eigenvalue weighted by Crippen LogP contribution is -2.40. The van der Waals surface area contributed by atoms with E-state index in [2.05, 4.69) is 25.7 Å². The molecule has 1 aliphatic carbocycles. The summed E-state index contributed by atoms with van der Waals surface area (Å²) in [5, 5.41) is 29.1. The number of aromatic nitrogens is 2. The first-order valence-electron chi connectivity index (χ1n) is 10.7. The van der Waals surface area contributed by atoms with Crippen molar-refractivity contribution in [3.63, 3.8) is 0 Å². The molecule has 10 nitrogen and oxygen atoms in total. The van der Waals surface area contributed by atoms with Crippen LogP contribution in [0.25, 0.3) is 0 Å². The second kappa shape index (κ2) is 14.7. The normalized spacial score (nSPS) is 17.4. The summed E-state index contributed by atoms with van der Waals surface area (Å²) in [6.07, 6.45) is 9.61. The first kappa shape index (κ1) is 25.8. The fourth-order valence-corrected chi connectivity index (χ4v) is 3.81. The Morgan fingerprint density at radius 3 is 2.17 bits per heavy atom. The third-order valence-corrected chi connectivity index (χ3v) is 5.11. The third kappa shape index (κ3) is 11.7. The maximum absolute atomic E-state index is 9.00. The minimum atomic E-state index is -0.833. The fourth-order valence-electron chi connectivity index (χ4n) is 3.81. The van der Waals surface area contributed by atoms with E-state index in [-0.39, 0.29) is 0 Å². The Morgan fingerprint density at radius 1 is 1.07 bits per heavy atom. The highest BCUT2D eigenvalue weighted by Gasteiger charge is 2.26. The highest BCUT2D eigenvalue weighted by molar-refractivity contribution is 5.63. The first-order chi connectivity index (χ1) is 14.3. The summed E-state index contributed by atoms with van der Waals surface area (Å²) < 4.78 is 5.49. The number of anilines is 1. The molecule has 1 saturated heterocycles. The Kier molecular flexibility index (Phi) is 12.7. The molecule has 0 unspecified atom stereocenters. The number of carbonyl (C=O) groups is 2. The van der Waals surface area contributed by atoms with Gasteiger partial charge in [0, 0.05) is 26.4 Å². The monoisotopic (exact) mass is 427 g/mol. The van der Waals surface area contributed by atoms with Gasteiger partial charge in [0.05, 0.1) is 6.54 Å². The Hall–Kier alpha value is -2.20. The van der Waals surface area contributed by atoms with E-state index >= 15 is 0 Å². The highest BCUT2D eigenvalue weighted by Crippen LogP contribution is 2.28. The Labute approximate surface area is 178 Å². The quantitative estimate of drug-likeness (QED) is 0.512. The average Bonchev–Trinajstić information content (AvgIpc) is 3.34. The molecule has 0 spiro atoms. The molecule has 30 heavy (non-hydrogen) atoms. The lowest BCUT2D eigenvalue weighted by Gasteiger charge is -2.36. The van der Waals surface area contributed by atoms with Crippen molar-refractivity contribution < 1.29 is 24.2 Å². The zero-order chi connectivity index (χ0) is 22.4. The van der Waals surface area contributed by atoms with Gasteiger partial charge >= 0.3 is 6.01 Å². The standard InChI is InChI=1S/C16H29N5O.2C2H4O2/c1-17-12-15-19-20-16(22-15)18-9-6-13-7-10-21(11-8-13)14-4-2-3-5-14;2*1-2(3)4/h13-14,17H,2-12H2,1H3,(H,18,20);2*1H3,(H,3,4).